The molecule has 0 bridgehead atoms. The summed E-state index contributed by atoms with van der Waals surface area (Å²) < 4.78 is 0. The molecular weight excluding hydrogens is 216 g/mol. The van der Waals surface area contributed by atoms with Gasteiger partial charge >= 0.3 is 0 Å². The lowest BCUT2D eigenvalue weighted by molar-refractivity contribution is 0.391. The highest BCUT2D eigenvalue weighted by molar-refractivity contribution is 5.59. The molecule has 0 aliphatic heterocycles. The summed E-state index contributed by atoms with van der Waals surface area (Å²) in [6, 6.07) is 0.372. The summed E-state index contributed by atoms with van der Waals surface area (Å²) in [6.07, 6.45) is 4.95. The zero-order valence-corrected chi connectivity index (χ0v) is 10.4. The Morgan fingerprint density at radius 2 is 2.35 bits per heavy atom. The molecule has 0 saturated heterocycles. The number of nitrogens with one attached hydrogen (secondary N) is 2. The van der Waals surface area contributed by atoms with Crippen LogP contribution in [-0.4, -0.2) is 16.0 Å². The predicted molar refractivity (Wildman–Crippen MR) is 68.9 cm³/mol. The first-order chi connectivity index (χ1) is 8.13. The van der Waals surface area contributed by atoms with Gasteiger partial charge in [-0.15, -0.1) is 0 Å². The quantitative estimate of drug-likeness (QED) is 0.744. The molecule has 1 saturated carbocycles. The first kappa shape index (κ1) is 12.0. The van der Waals surface area contributed by atoms with Crippen LogP contribution >= 0.6 is 0 Å². The van der Waals surface area contributed by atoms with Gasteiger partial charge in [-0.05, 0) is 24.7 Å². The number of nitrogens with zero attached hydrogens (tertiary/aromatic N) is 1. The second-order valence-corrected chi connectivity index (χ2v) is 4.85. The molecule has 0 spiro atoms. The lowest BCUT2D eigenvalue weighted by Gasteiger charge is -2.21. The van der Waals surface area contributed by atoms with Crippen molar-refractivity contribution in [2.75, 3.05) is 11.1 Å². The number of H-pyrrole nitrogens is 1. The largest absolute Gasteiger partial charge is 0.391 e. The van der Waals surface area contributed by atoms with Crippen LogP contribution in [0.1, 0.15) is 33.1 Å². The number of hydrogen-bond donors (Lipinski definition) is 3. The van der Waals surface area contributed by atoms with Crippen LogP contribution in [0.15, 0.2) is 11.1 Å². The molecule has 3 atom stereocenters. The molecule has 1 aliphatic carbocycles. The van der Waals surface area contributed by atoms with Gasteiger partial charge in [-0.25, -0.2) is 4.98 Å². The smallest absolute Gasteiger partial charge is 0.276 e. The van der Waals surface area contributed by atoms with Gasteiger partial charge < -0.3 is 16.0 Å². The number of nitrogen functional groups attached to an aromatic ring is 1. The molecule has 1 aliphatic rings. The summed E-state index contributed by atoms with van der Waals surface area (Å²) in [4.78, 5) is 17.9. The van der Waals surface area contributed by atoms with Gasteiger partial charge in [0.25, 0.3) is 5.56 Å². The van der Waals surface area contributed by atoms with Crippen LogP contribution in [0.4, 0.5) is 11.5 Å². The minimum absolute atomic E-state index is 0.180. The van der Waals surface area contributed by atoms with Crippen LogP contribution in [-0.2, 0) is 0 Å². The van der Waals surface area contributed by atoms with Crippen LogP contribution in [0, 0.1) is 11.8 Å². The summed E-state index contributed by atoms with van der Waals surface area (Å²) in [5, 5.41) is 3.31. The van der Waals surface area contributed by atoms with Crippen molar-refractivity contribution in [1.29, 1.82) is 0 Å². The number of aromatic amines is 1. The summed E-state index contributed by atoms with van der Waals surface area (Å²) >= 11 is 0. The van der Waals surface area contributed by atoms with Gasteiger partial charge in [0.2, 0.25) is 0 Å². The third kappa shape index (κ3) is 2.28. The maximum Gasteiger partial charge on any atom is 0.276 e. The van der Waals surface area contributed by atoms with Gasteiger partial charge in [-0.2, -0.15) is 0 Å². The van der Waals surface area contributed by atoms with Crippen molar-refractivity contribution >= 4 is 11.5 Å². The van der Waals surface area contributed by atoms with Crippen molar-refractivity contribution in [3.8, 4) is 0 Å². The summed E-state index contributed by atoms with van der Waals surface area (Å²) in [5.41, 5.74) is 5.61. The van der Waals surface area contributed by atoms with E-state index in [0.29, 0.717) is 17.8 Å². The molecule has 1 aromatic heterocycles. The van der Waals surface area contributed by atoms with Gasteiger partial charge in [-0.1, -0.05) is 20.3 Å². The highest BCUT2D eigenvalue weighted by Crippen LogP contribution is 2.35. The van der Waals surface area contributed by atoms with Gasteiger partial charge in [0.05, 0.1) is 6.33 Å². The first-order valence-corrected chi connectivity index (χ1v) is 6.23. The maximum absolute atomic E-state index is 11.4. The third-order valence-corrected chi connectivity index (χ3v) is 3.96. The maximum atomic E-state index is 11.4. The van der Waals surface area contributed by atoms with E-state index in [0.717, 1.165) is 12.3 Å². The SMILES string of the molecule is CCC1CCC(Nc2nc[nH]c(=O)c2N)C1C. The van der Waals surface area contributed by atoms with E-state index < -0.39 is 0 Å². The summed E-state index contributed by atoms with van der Waals surface area (Å²) in [6.45, 7) is 4.48. The second-order valence-electron chi connectivity index (χ2n) is 4.85. The number of aromatic nitrogens is 2. The first-order valence-electron chi connectivity index (χ1n) is 6.23. The van der Waals surface area contributed by atoms with Gasteiger partial charge in [-0.3, -0.25) is 4.79 Å². The molecule has 3 unspecified atom stereocenters. The normalized spacial score (nSPS) is 28.2. The molecule has 0 amide bonds. The lowest BCUT2D eigenvalue weighted by Crippen LogP contribution is -2.27. The Balaban J connectivity index is 2.12. The zero-order valence-electron chi connectivity index (χ0n) is 10.4. The van der Waals surface area contributed by atoms with E-state index in [-0.39, 0.29) is 11.2 Å². The van der Waals surface area contributed by atoms with Crippen molar-refractivity contribution in [2.45, 2.75) is 39.2 Å². The Labute approximate surface area is 101 Å². The van der Waals surface area contributed by atoms with Crippen LogP contribution in [0.5, 0.6) is 0 Å². The number of rotatable bonds is 3. The van der Waals surface area contributed by atoms with Crippen molar-refractivity contribution in [3.05, 3.63) is 16.7 Å². The van der Waals surface area contributed by atoms with Crippen molar-refractivity contribution in [2.24, 2.45) is 11.8 Å². The van der Waals surface area contributed by atoms with Crippen LogP contribution in [0.25, 0.3) is 0 Å². The standard InChI is InChI=1S/C12H20N4O/c1-3-8-4-5-9(7(8)2)16-11-10(13)12(17)15-6-14-11/h6-9H,3-5,13H2,1-2H3,(H2,14,15,16,17). The van der Waals surface area contributed by atoms with Crippen molar-refractivity contribution in [3.63, 3.8) is 0 Å². The highest BCUT2D eigenvalue weighted by Gasteiger charge is 2.31. The molecule has 94 valence electrons. The molecule has 1 heterocycles. The minimum Gasteiger partial charge on any atom is -0.391 e. The molecule has 0 radical (unpaired) electrons. The zero-order chi connectivity index (χ0) is 12.4. The fourth-order valence-electron chi connectivity index (χ4n) is 2.73. The molecule has 4 N–H and O–H groups in total. The molecule has 0 aromatic carbocycles. The van der Waals surface area contributed by atoms with Gasteiger partial charge in [0.1, 0.15) is 5.69 Å². The predicted octanol–water partition coefficient (Wildman–Crippen LogP) is 1.59. The molecule has 5 heteroatoms. The highest BCUT2D eigenvalue weighted by atomic mass is 16.1. The summed E-state index contributed by atoms with van der Waals surface area (Å²) in [5.74, 6) is 1.87. The van der Waals surface area contributed by atoms with Crippen molar-refractivity contribution in [1.82, 2.24) is 9.97 Å². The van der Waals surface area contributed by atoms with E-state index in [4.69, 9.17) is 5.73 Å². The van der Waals surface area contributed by atoms with E-state index in [1.807, 2.05) is 0 Å². The van der Waals surface area contributed by atoms with E-state index in [9.17, 15) is 4.79 Å². The van der Waals surface area contributed by atoms with Gasteiger partial charge in [0, 0.05) is 6.04 Å². The molecule has 1 aromatic rings. The fraction of sp³-hybridized carbons (Fsp3) is 0.667. The molecule has 17 heavy (non-hydrogen) atoms. The van der Waals surface area contributed by atoms with E-state index in [2.05, 4.69) is 29.1 Å². The number of hydrogen-bond acceptors (Lipinski definition) is 4. The minimum atomic E-state index is -0.278. The van der Waals surface area contributed by atoms with Crippen LogP contribution in [0.2, 0.25) is 0 Å². The second kappa shape index (κ2) is 4.77. The topological polar surface area (TPSA) is 83.8 Å². The Bertz CT molecular complexity index is 442. The Morgan fingerprint density at radius 3 is 3.00 bits per heavy atom. The number of anilines is 2. The van der Waals surface area contributed by atoms with Crippen molar-refractivity contribution < 1.29 is 0 Å². The Morgan fingerprint density at radius 1 is 1.59 bits per heavy atom. The molecular formula is C12H20N4O. The van der Waals surface area contributed by atoms with Crippen LogP contribution < -0.4 is 16.6 Å². The van der Waals surface area contributed by atoms with E-state index in [1.165, 1.54) is 19.2 Å². The number of nitrogens with two attached hydrogens (primary N) is 1. The fourth-order valence-corrected chi connectivity index (χ4v) is 2.73. The van der Waals surface area contributed by atoms with Gasteiger partial charge in [0.15, 0.2) is 5.82 Å². The average molecular weight is 236 g/mol. The molecule has 2 rings (SSSR count). The van der Waals surface area contributed by atoms with E-state index in [1.54, 1.807) is 0 Å². The molecule has 5 nitrogen and oxygen atoms in total. The monoisotopic (exact) mass is 236 g/mol. The van der Waals surface area contributed by atoms with E-state index >= 15 is 0 Å². The lowest BCUT2D eigenvalue weighted by atomic mass is 9.93. The Kier molecular flexibility index (Phi) is 3.36. The summed E-state index contributed by atoms with van der Waals surface area (Å²) in [7, 11) is 0. The van der Waals surface area contributed by atoms with Crippen LogP contribution in [0.3, 0.4) is 0 Å². The average Bonchev–Trinajstić information content (AvgIpc) is 2.66. The third-order valence-electron chi connectivity index (χ3n) is 3.96. The Hall–Kier alpha value is -1.52. The molecule has 1 fully saturated rings.